The number of aryl methyl sites for hydroxylation is 1. The van der Waals surface area contributed by atoms with Crippen molar-refractivity contribution in [2.24, 2.45) is 0 Å². The lowest BCUT2D eigenvalue weighted by atomic mass is 10.2. The number of aromatic nitrogens is 1. The Hall–Kier alpha value is -0.500. The highest BCUT2D eigenvalue weighted by atomic mass is 32.2. The van der Waals surface area contributed by atoms with Crippen LogP contribution >= 0.6 is 11.3 Å². The standard InChI is InChI=1S/C9H15N3O2S2/c1-7-11-6-9(15-7)16(13,14)12-5-8-3-2-4-10-8/h6,8,10,12H,2-5H2,1H3. The van der Waals surface area contributed by atoms with Crippen LogP contribution in [0.15, 0.2) is 10.4 Å². The molecule has 2 rings (SSSR count). The molecule has 1 aliphatic rings. The maximum atomic E-state index is 11.8. The Kier molecular flexibility index (Phi) is 3.58. The molecular weight excluding hydrogens is 246 g/mol. The molecule has 16 heavy (non-hydrogen) atoms. The van der Waals surface area contributed by atoms with E-state index in [1.165, 1.54) is 17.5 Å². The van der Waals surface area contributed by atoms with Crippen molar-refractivity contribution in [1.29, 1.82) is 0 Å². The summed E-state index contributed by atoms with van der Waals surface area (Å²) >= 11 is 1.20. The van der Waals surface area contributed by atoms with E-state index in [2.05, 4.69) is 15.0 Å². The first-order valence-electron chi connectivity index (χ1n) is 5.23. The zero-order chi connectivity index (χ0) is 11.6. The maximum absolute atomic E-state index is 11.8. The summed E-state index contributed by atoms with van der Waals surface area (Å²) in [7, 11) is -3.36. The average molecular weight is 261 g/mol. The smallest absolute Gasteiger partial charge is 0.251 e. The van der Waals surface area contributed by atoms with Gasteiger partial charge in [0, 0.05) is 12.6 Å². The molecule has 0 aliphatic carbocycles. The maximum Gasteiger partial charge on any atom is 0.251 e. The van der Waals surface area contributed by atoms with Crippen molar-refractivity contribution in [3.8, 4) is 0 Å². The van der Waals surface area contributed by atoms with Gasteiger partial charge in [-0.2, -0.15) is 0 Å². The molecule has 0 spiro atoms. The monoisotopic (exact) mass is 261 g/mol. The summed E-state index contributed by atoms with van der Waals surface area (Å²) in [5.41, 5.74) is 0. The first-order chi connectivity index (χ1) is 7.58. The van der Waals surface area contributed by atoms with E-state index in [1.54, 1.807) is 6.92 Å². The van der Waals surface area contributed by atoms with Gasteiger partial charge in [0.15, 0.2) is 4.21 Å². The highest BCUT2D eigenvalue weighted by Crippen LogP contribution is 2.17. The fourth-order valence-corrected chi connectivity index (χ4v) is 3.91. The van der Waals surface area contributed by atoms with Crippen LogP contribution in [0.3, 0.4) is 0 Å². The van der Waals surface area contributed by atoms with Crippen LogP contribution in [-0.4, -0.2) is 32.5 Å². The van der Waals surface area contributed by atoms with Crippen molar-refractivity contribution in [2.45, 2.75) is 30.0 Å². The molecule has 1 aliphatic heterocycles. The van der Waals surface area contributed by atoms with Gasteiger partial charge in [0.05, 0.1) is 11.2 Å². The molecule has 5 nitrogen and oxygen atoms in total. The summed E-state index contributed by atoms with van der Waals surface area (Å²) in [5, 5.41) is 4.01. The summed E-state index contributed by atoms with van der Waals surface area (Å²) in [4.78, 5) is 3.95. The van der Waals surface area contributed by atoms with Crippen molar-refractivity contribution in [2.75, 3.05) is 13.1 Å². The lowest BCUT2D eigenvalue weighted by Gasteiger charge is -2.10. The van der Waals surface area contributed by atoms with E-state index >= 15 is 0 Å². The minimum Gasteiger partial charge on any atom is -0.313 e. The summed E-state index contributed by atoms with van der Waals surface area (Å²) in [6.07, 6.45) is 3.56. The Balaban J connectivity index is 1.97. The zero-order valence-corrected chi connectivity index (χ0v) is 10.7. The van der Waals surface area contributed by atoms with Gasteiger partial charge in [0.2, 0.25) is 0 Å². The zero-order valence-electron chi connectivity index (χ0n) is 9.06. The third-order valence-electron chi connectivity index (χ3n) is 2.55. The van der Waals surface area contributed by atoms with E-state index in [0.29, 0.717) is 10.8 Å². The molecule has 0 aromatic carbocycles. The Bertz CT molecular complexity index is 449. The van der Waals surface area contributed by atoms with Gasteiger partial charge in [-0.05, 0) is 26.3 Å². The van der Waals surface area contributed by atoms with Gasteiger partial charge in [-0.15, -0.1) is 11.3 Å². The molecule has 1 aromatic heterocycles. The quantitative estimate of drug-likeness (QED) is 0.827. The number of nitrogens with one attached hydrogen (secondary N) is 2. The number of hydrogen-bond acceptors (Lipinski definition) is 5. The first kappa shape index (κ1) is 12.0. The first-order valence-corrected chi connectivity index (χ1v) is 7.53. The lowest BCUT2D eigenvalue weighted by Crippen LogP contribution is -2.36. The third-order valence-corrected chi connectivity index (χ3v) is 5.34. The van der Waals surface area contributed by atoms with Crippen LogP contribution < -0.4 is 10.0 Å². The number of hydrogen-bond donors (Lipinski definition) is 2. The Morgan fingerprint density at radius 1 is 1.69 bits per heavy atom. The Morgan fingerprint density at radius 2 is 2.50 bits per heavy atom. The highest BCUT2D eigenvalue weighted by molar-refractivity contribution is 7.91. The second-order valence-electron chi connectivity index (χ2n) is 3.84. The van der Waals surface area contributed by atoms with E-state index in [0.717, 1.165) is 24.4 Å². The van der Waals surface area contributed by atoms with Gasteiger partial charge in [-0.3, -0.25) is 0 Å². The van der Waals surface area contributed by atoms with Gasteiger partial charge in [-0.1, -0.05) is 0 Å². The van der Waals surface area contributed by atoms with Crippen molar-refractivity contribution < 1.29 is 8.42 Å². The topological polar surface area (TPSA) is 71.1 Å². The number of thiazole rings is 1. The number of nitrogens with zero attached hydrogens (tertiary/aromatic N) is 1. The molecule has 2 heterocycles. The molecule has 0 radical (unpaired) electrons. The van der Waals surface area contributed by atoms with E-state index in [9.17, 15) is 8.42 Å². The minimum atomic E-state index is -3.36. The van der Waals surface area contributed by atoms with Crippen LogP contribution in [0.2, 0.25) is 0 Å². The number of sulfonamides is 1. The van der Waals surface area contributed by atoms with Crippen LogP contribution in [0.25, 0.3) is 0 Å². The van der Waals surface area contributed by atoms with Crippen molar-refractivity contribution in [3.05, 3.63) is 11.2 Å². The molecule has 7 heteroatoms. The summed E-state index contributed by atoms with van der Waals surface area (Å²) < 4.78 is 26.6. The summed E-state index contributed by atoms with van der Waals surface area (Å²) in [6.45, 7) is 3.23. The average Bonchev–Trinajstić information content (AvgIpc) is 2.85. The molecule has 1 unspecified atom stereocenters. The van der Waals surface area contributed by atoms with Crippen LogP contribution in [0.1, 0.15) is 17.8 Å². The minimum absolute atomic E-state index is 0.267. The fourth-order valence-electron chi connectivity index (χ4n) is 1.68. The molecule has 0 amide bonds. The van der Waals surface area contributed by atoms with E-state index in [-0.39, 0.29) is 6.04 Å². The predicted octanol–water partition coefficient (Wildman–Crippen LogP) is 0.482. The Labute approximate surface area is 99.3 Å². The van der Waals surface area contributed by atoms with E-state index in [1.807, 2.05) is 0 Å². The van der Waals surface area contributed by atoms with Crippen molar-refractivity contribution >= 4 is 21.4 Å². The highest BCUT2D eigenvalue weighted by Gasteiger charge is 2.20. The van der Waals surface area contributed by atoms with Crippen LogP contribution in [0.5, 0.6) is 0 Å². The second kappa shape index (κ2) is 4.79. The summed E-state index contributed by atoms with van der Waals surface area (Å²) in [5.74, 6) is 0. The number of rotatable bonds is 4. The lowest BCUT2D eigenvalue weighted by molar-refractivity contribution is 0.553. The van der Waals surface area contributed by atoms with Crippen molar-refractivity contribution in [1.82, 2.24) is 15.0 Å². The third kappa shape index (κ3) is 2.79. The molecule has 1 saturated heterocycles. The summed E-state index contributed by atoms with van der Waals surface area (Å²) in [6, 6.07) is 0.267. The predicted molar refractivity (Wildman–Crippen MR) is 63.1 cm³/mol. The molecule has 0 saturated carbocycles. The van der Waals surface area contributed by atoms with Gasteiger partial charge < -0.3 is 5.32 Å². The fraction of sp³-hybridized carbons (Fsp3) is 0.667. The Morgan fingerprint density at radius 3 is 3.06 bits per heavy atom. The van der Waals surface area contributed by atoms with E-state index in [4.69, 9.17) is 0 Å². The van der Waals surface area contributed by atoms with Gasteiger partial charge in [0.1, 0.15) is 0 Å². The van der Waals surface area contributed by atoms with Gasteiger partial charge in [0.25, 0.3) is 10.0 Å². The molecular formula is C9H15N3O2S2. The molecule has 1 aromatic rings. The molecule has 1 atom stereocenters. The second-order valence-corrected chi connectivity index (χ2v) is 7.07. The van der Waals surface area contributed by atoms with Crippen molar-refractivity contribution in [3.63, 3.8) is 0 Å². The van der Waals surface area contributed by atoms with Crippen LogP contribution in [0, 0.1) is 6.92 Å². The molecule has 90 valence electrons. The normalized spacial score (nSPS) is 21.4. The van der Waals surface area contributed by atoms with Gasteiger partial charge in [-0.25, -0.2) is 18.1 Å². The largest absolute Gasteiger partial charge is 0.313 e. The SMILES string of the molecule is Cc1ncc(S(=O)(=O)NCC2CCCN2)s1. The molecule has 0 bridgehead atoms. The molecule has 1 fully saturated rings. The molecule has 2 N–H and O–H groups in total. The van der Waals surface area contributed by atoms with E-state index < -0.39 is 10.0 Å². The van der Waals surface area contributed by atoms with Gasteiger partial charge >= 0.3 is 0 Å². The van der Waals surface area contributed by atoms with Crippen LogP contribution in [0.4, 0.5) is 0 Å². The van der Waals surface area contributed by atoms with Crippen LogP contribution in [-0.2, 0) is 10.0 Å².